The molecule has 1 aliphatic rings. The van der Waals surface area contributed by atoms with Crippen molar-refractivity contribution in [3.05, 3.63) is 35.9 Å². The highest BCUT2D eigenvalue weighted by atomic mass is 35.5. The maximum atomic E-state index is 11.4. The average molecular weight is 263 g/mol. The topological polar surface area (TPSA) is 46.3 Å². The van der Waals surface area contributed by atoms with E-state index in [4.69, 9.17) is 5.73 Å². The molecular weight excluding hydrogens is 247 g/mol. The van der Waals surface area contributed by atoms with Crippen LogP contribution in [0.25, 0.3) is 0 Å². The van der Waals surface area contributed by atoms with Crippen molar-refractivity contribution in [1.82, 2.24) is 4.90 Å². The lowest BCUT2D eigenvalue weighted by Crippen LogP contribution is -2.27. The van der Waals surface area contributed by atoms with Crippen LogP contribution in [0.3, 0.4) is 0 Å². The number of hydrogen-bond acceptors (Lipinski definition) is 2. The number of amides is 1. The van der Waals surface area contributed by atoms with Gasteiger partial charge in [0.25, 0.3) is 0 Å². The summed E-state index contributed by atoms with van der Waals surface area (Å²) < 4.78 is 0. The number of nitrogens with two attached hydrogens (primary N) is 1. The minimum atomic E-state index is 0. The van der Waals surface area contributed by atoms with E-state index in [1.54, 1.807) is 0 Å². The SMILES string of the molecule is Cl.Cl.NC1CC(=O)N(Cc2ccccc2)C1. The molecule has 0 aliphatic carbocycles. The summed E-state index contributed by atoms with van der Waals surface area (Å²) >= 11 is 0. The van der Waals surface area contributed by atoms with Gasteiger partial charge in [0.1, 0.15) is 0 Å². The fraction of sp³-hybridized carbons (Fsp3) is 0.364. The molecule has 1 heterocycles. The maximum absolute atomic E-state index is 11.4. The van der Waals surface area contributed by atoms with Gasteiger partial charge in [-0.1, -0.05) is 30.3 Å². The van der Waals surface area contributed by atoms with Gasteiger partial charge >= 0.3 is 0 Å². The molecule has 2 N–H and O–H groups in total. The zero-order valence-electron chi connectivity index (χ0n) is 8.83. The van der Waals surface area contributed by atoms with Gasteiger partial charge in [-0.15, -0.1) is 24.8 Å². The number of carbonyl (C=O) groups is 1. The fourth-order valence-corrected chi connectivity index (χ4v) is 1.76. The molecule has 0 saturated carbocycles. The van der Waals surface area contributed by atoms with Crippen LogP contribution in [0.5, 0.6) is 0 Å². The quantitative estimate of drug-likeness (QED) is 0.880. The van der Waals surface area contributed by atoms with Crippen LogP contribution in [0.2, 0.25) is 0 Å². The molecule has 2 rings (SSSR count). The molecule has 0 spiro atoms. The van der Waals surface area contributed by atoms with Gasteiger partial charge in [0.2, 0.25) is 5.91 Å². The molecular formula is C11H16Cl2N2O. The number of rotatable bonds is 2. The lowest BCUT2D eigenvalue weighted by atomic mass is 10.2. The second-order valence-corrected chi connectivity index (χ2v) is 3.72. The molecule has 0 aromatic heterocycles. The third kappa shape index (κ3) is 3.67. The second-order valence-electron chi connectivity index (χ2n) is 3.72. The van der Waals surface area contributed by atoms with Crippen LogP contribution in [-0.2, 0) is 11.3 Å². The van der Waals surface area contributed by atoms with Gasteiger partial charge in [-0.05, 0) is 5.56 Å². The predicted octanol–water partition coefficient (Wildman–Crippen LogP) is 1.59. The van der Waals surface area contributed by atoms with Crippen molar-refractivity contribution in [2.24, 2.45) is 5.73 Å². The molecule has 0 bridgehead atoms. The molecule has 1 unspecified atom stereocenters. The van der Waals surface area contributed by atoms with E-state index < -0.39 is 0 Å². The zero-order chi connectivity index (χ0) is 9.97. The number of hydrogen-bond donors (Lipinski definition) is 1. The first-order chi connectivity index (χ1) is 6.75. The summed E-state index contributed by atoms with van der Waals surface area (Å²) in [7, 11) is 0. The van der Waals surface area contributed by atoms with E-state index in [1.165, 1.54) is 0 Å². The van der Waals surface area contributed by atoms with Crippen molar-refractivity contribution in [2.75, 3.05) is 6.54 Å². The van der Waals surface area contributed by atoms with Crippen molar-refractivity contribution in [2.45, 2.75) is 19.0 Å². The third-order valence-corrected chi connectivity index (χ3v) is 2.46. The van der Waals surface area contributed by atoms with Gasteiger partial charge in [0.15, 0.2) is 0 Å². The third-order valence-electron chi connectivity index (χ3n) is 2.46. The Hall–Kier alpha value is -0.770. The zero-order valence-corrected chi connectivity index (χ0v) is 10.5. The first-order valence-electron chi connectivity index (χ1n) is 4.83. The van der Waals surface area contributed by atoms with Crippen LogP contribution in [0, 0.1) is 0 Å². The molecule has 1 atom stereocenters. The highest BCUT2D eigenvalue weighted by Crippen LogP contribution is 2.13. The summed E-state index contributed by atoms with van der Waals surface area (Å²) in [5.74, 6) is 0.168. The van der Waals surface area contributed by atoms with Gasteiger partial charge in [-0.3, -0.25) is 4.79 Å². The Balaban J connectivity index is 0.00000112. The molecule has 1 aliphatic heterocycles. The van der Waals surface area contributed by atoms with Crippen molar-refractivity contribution >= 4 is 30.7 Å². The van der Waals surface area contributed by atoms with Crippen LogP contribution in [0.4, 0.5) is 0 Å². The highest BCUT2D eigenvalue weighted by molar-refractivity contribution is 5.85. The summed E-state index contributed by atoms with van der Waals surface area (Å²) in [6.07, 6.45) is 0.493. The maximum Gasteiger partial charge on any atom is 0.224 e. The van der Waals surface area contributed by atoms with Crippen molar-refractivity contribution in [3.8, 4) is 0 Å². The van der Waals surface area contributed by atoms with Crippen molar-refractivity contribution < 1.29 is 4.79 Å². The van der Waals surface area contributed by atoms with E-state index in [2.05, 4.69) is 0 Å². The van der Waals surface area contributed by atoms with Crippen LogP contribution in [0.1, 0.15) is 12.0 Å². The lowest BCUT2D eigenvalue weighted by Gasteiger charge is -2.15. The van der Waals surface area contributed by atoms with Crippen LogP contribution in [0.15, 0.2) is 30.3 Å². The van der Waals surface area contributed by atoms with Crippen molar-refractivity contribution in [3.63, 3.8) is 0 Å². The predicted molar refractivity (Wildman–Crippen MR) is 68.9 cm³/mol. The molecule has 16 heavy (non-hydrogen) atoms. The van der Waals surface area contributed by atoms with Crippen molar-refractivity contribution in [1.29, 1.82) is 0 Å². The summed E-state index contributed by atoms with van der Waals surface area (Å²) in [5.41, 5.74) is 6.87. The Kier molecular flexibility index (Phi) is 6.41. The Morgan fingerprint density at radius 1 is 1.25 bits per heavy atom. The molecule has 1 fully saturated rings. The van der Waals surface area contributed by atoms with E-state index in [-0.39, 0.29) is 36.8 Å². The first-order valence-corrected chi connectivity index (χ1v) is 4.83. The second kappa shape index (κ2) is 6.74. The molecule has 1 amide bonds. The summed E-state index contributed by atoms with van der Waals surface area (Å²) in [6, 6.07) is 10.0. The summed E-state index contributed by atoms with van der Waals surface area (Å²) in [5, 5.41) is 0. The van der Waals surface area contributed by atoms with E-state index >= 15 is 0 Å². The van der Waals surface area contributed by atoms with Gasteiger partial charge < -0.3 is 10.6 Å². The van der Waals surface area contributed by atoms with Crippen LogP contribution >= 0.6 is 24.8 Å². The van der Waals surface area contributed by atoms with E-state index in [9.17, 15) is 4.79 Å². The largest absolute Gasteiger partial charge is 0.337 e. The Bertz CT molecular complexity index is 332. The van der Waals surface area contributed by atoms with E-state index in [1.807, 2.05) is 35.2 Å². The van der Waals surface area contributed by atoms with E-state index in [0.29, 0.717) is 19.5 Å². The van der Waals surface area contributed by atoms with Gasteiger partial charge in [0.05, 0.1) is 0 Å². The average Bonchev–Trinajstić information content (AvgIpc) is 2.47. The molecule has 1 aromatic carbocycles. The Labute approximate surface area is 108 Å². The molecule has 5 heteroatoms. The van der Waals surface area contributed by atoms with Crippen LogP contribution in [-0.4, -0.2) is 23.4 Å². The minimum absolute atomic E-state index is 0. The van der Waals surface area contributed by atoms with Gasteiger partial charge in [0, 0.05) is 25.6 Å². The van der Waals surface area contributed by atoms with E-state index in [0.717, 1.165) is 5.56 Å². The fourth-order valence-electron chi connectivity index (χ4n) is 1.76. The monoisotopic (exact) mass is 262 g/mol. The smallest absolute Gasteiger partial charge is 0.224 e. The normalized spacial score (nSPS) is 18.9. The standard InChI is InChI=1S/C11H14N2O.2ClH/c12-10-6-11(14)13(8-10)7-9-4-2-1-3-5-9;;/h1-5,10H,6-8,12H2;2*1H. The summed E-state index contributed by atoms with van der Waals surface area (Å²) in [4.78, 5) is 13.3. The summed E-state index contributed by atoms with van der Waals surface area (Å²) in [6.45, 7) is 1.38. The lowest BCUT2D eigenvalue weighted by molar-refractivity contribution is -0.128. The molecule has 1 saturated heterocycles. The molecule has 90 valence electrons. The number of likely N-dealkylation sites (tertiary alicyclic amines) is 1. The number of halogens is 2. The molecule has 1 aromatic rings. The molecule has 3 nitrogen and oxygen atoms in total. The number of nitrogens with zero attached hydrogens (tertiary/aromatic N) is 1. The van der Waals surface area contributed by atoms with Gasteiger partial charge in [-0.25, -0.2) is 0 Å². The first kappa shape index (κ1) is 15.2. The van der Waals surface area contributed by atoms with Crippen LogP contribution < -0.4 is 5.73 Å². The Morgan fingerprint density at radius 3 is 2.38 bits per heavy atom. The minimum Gasteiger partial charge on any atom is -0.337 e. The molecule has 0 radical (unpaired) electrons. The number of benzene rings is 1. The Morgan fingerprint density at radius 2 is 1.88 bits per heavy atom. The van der Waals surface area contributed by atoms with Gasteiger partial charge in [-0.2, -0.15) is 0 Å². The number of carbonyl (C=O) groups excluding carboxylic acids is 1. The highest BCUT2D eigenvalue weighted by Gasteiger charge is 2.26.